The number of ether oxygens (including phenoxy) is 2. The lowest BCUT2D eigenvalue weighted by Crippen LogP contribution is -2.40. The molecule has 17 heteroatoms. The van der Waals surface area contributed by atoms with E-state index >= 15 is 0 Å². The average Bonchev–Trinajstić information content (AvgIpc) is 4.13. The standard InChI is InChI=1S/C45H50F2N10O5/c1-53-42-28(4-2-6-34(42)40(51-53)35-11-12-39(58)50-44(35)59)5-3-19-61-32-14-16-54(17-15-32)23-27-7-9-29(10-8-27)57-25-37(41(52-57)43(46)47)49-45(60)36-22-48-56-18-13-30(21-38(36)56)55-24-33-20-31(55)26-62-33/h2,4,6,13,18,21-22,25,27,29,31-33,35,43H,7-12,14-17,19-20,23-24,26H2,1H3,(H,49,60)(H,50,58,59)/t27?,29?,31-,33-,35?/m1/s1. The van der Waals surface area contributed by atoms with Gasteiger partial charge in [0.2, 0.25) is 11.8 Å². The molecule has 1 aliphatic carbocycles. The number of carbonyl (C=O) groups is 3. The molecule has 10 rings (SSSR count). The van der Waals surface area contributed by atoms with Gasteiger partial charge in [-0.2, -0.15) is 15.3 Å². The van der Waals surface area contributed by atoms with Gasteiger partial charge in [0.05, 0.1) is 76.6 Å². The highest BCUT2D eigenvalue weighted by atomic mass is 19.3. The molecule has 4 aromatic heterocycles. The third-order valence-electron chi connectivity index (χ3n) is 13.5. The number of hydrogen-bond acceptors (Lipinski definition) is 10. The number of piperidine rings is 2. The summed E-state index contributed by atoms with van der Waals surface area (Å²) >= 11 is 0. The van der Waals surface area contributed by atoms with E-state index in [9.17, 15) is 23.2 Å². The number of para-hydroxylation sites is 1. The van der Waals surface area contributed by atoms with Gasteiger partial charge in [-0.1, -0.05) is 24.0 Å². The number of aromatic nitrogens is 6. The maximum Gasteiger partial charge on any atom is 0.284 e. The van der Waals surface area contributed by atoms with Gasteiger partial charge in [0.15, 0.2) is 5.69 Å². The number of benzene rings is 1. The molecule has 0 radical (unpaired) electrons. The molecule has 5 aromatic rings. The third kappa shape index (κ3) is 7.95. The first-order chi connectivity index (χ1) is 30.1. The Hall–Kier alpha value is -5.70. The smallest absolute Gasteiger partial charge is 0.284 e. The molecule has 2 N–H and O–H groups in total. The normalized spacial score (nSPS) is 24.6. The monoisotopic (exact) mass is 848 g/mol. The molecule has 3 amide bonds. The summed E-state index contributed by atoms with van der Waals surface area (Å²) in [5.74, 6) is 5.42. The minimum Gasteiger partial charge on any atom is -0.374 e. The topological polar surface area (TPSA) is 153 Å². The summed E-state index contributed by atoms with van der Waals surface area (Å²) in [6.45, 7) is 4.68. The lowest BCUT2D eigenvalue weighted by atomic mass is 9.85. The summed E-state index contributed by atoms with van der Waals surface area (Å²) in [6.07, 6.45) is 9.53. The van der Waals surface area contributed by atoms with E-state index in [0.29, 0.717) is 54.8 Å². The van der Waals surface area contributed by atoms with Gasteiger partial charge in [-0.3, -0.25) is 29.1 Å². The predicted molar refractivity (Wildman–Crippen MR) is 225 cm³/mol. The van der Waals surface area contributed by atoms with E-state index in [1.807, 2.05) is 43.6 Å². The van der Waals surface area contributed by atoms with Crippen LogP contribution >= 0.6 is 0 Å². The first kappa shape index (κ1) is 40.4. The van der Waals surface area contributed by atoms with Gasteiger partial charge in [-0.25, -0.2) is 13.3 Å². The summed E-state index contributed by atoms with van der Waals surface area (Å²) in [4.78, 5) is 42.6. The maximum atomic E-state index is 14.3. The van der Waals surface area contributed by atoms with Crippen molar-refractivity contribution in [1.29, 1.82) is 0 Å². The second-order valence-corrected chi connectivity index (χ2v) is 17.4. The van der Waals surface area contributed by atoms with E-state index in [4.69, 9.17) is 9.47 Å². The van der Waals surface area contributed by atoms with Crippen molar-refractivity contribution in [3.8, 4) is 11.8 Å². The molecule has 1 unspecified atom stereocenters. The van der Waals surface area contributed by atoms with Crippen molar-refractivity contribution in [2.24, 2.45) is 13.0 Å². The van der Waals surface area contributed by atoms with Crippen molar-refractivity contribution in [1.82, 2.24) is 39.4 Å². The number of fused-ring (bicyclic) bond motifs is 4. The van der Waals surface area contributed by atoms with Crippen LogP contribution in [-0.4, -0.2) is 109 Å². The molecule has 15 nitrogen and oxygen atoms in total. The van der Waals surface area contributed by atoms with Crippen LogP contribution in [0.15, 0.2) is 48.9 Å². The quantitative estimate of drug-likeness (QED) is 0.139. The minimum atomic E-state index is -2.84. The molecule has 8 heterocycles. The molecule has 324 valence electrons. The van der Waals surface area contributed by atoms with E-state index in [-0.39, 0.29) is 35.8 Å². The van der Waals surface area contributed by atoms with E-state index in [1.54, 1.807) is 20.1 Å². The Labute approximate surface area is 357 Å². The van der Waals surface area contributed by atoms with E-state index in [1.165, 1.54) is 6.20 Å². The molecule has 62 heavy (non-hydrogen) atoms. The fourth-order valence-electron chi connectivity index (χ4n) is 10.3. The number of pyridine rings is 1. The Morgan fingerprint density at radius 3 is 2.66 bits per heavy atom. The van der Waals surface area contributed by atoms with Crippen LogP contribution in [0, 0.1) is 17.8 Å². The summed E-state index contributed by atoms with van der Waals surface area (Å²) in [5.41, 5.74) is 3.84. The number of anilines is 2. The number of nitrogens with one attached hydrogen (secondary N) is 2. The zero-order valence-electron chi connectivity index (χ0n) is 34.6. The fraction of sp³-hybridized carbons (Fsp3) is 0.511. The summed E-state index contributed by atoms with van der Waals surface area (Å²) in [5, 5.41) is 19.3. The molecule has 1 saturated carbocycles. The Morgan fingerprint density at radius 2 is 1.90 bits per heavy atom. The van der Waals surface area contributed by atoms with Crippen LogP contribution < -0.4 is 15.5 Å². The Balaban J connectivity index is 0.695. The van der Waals surface area contributed by atoms with Gasteiger partial charge in [0.25, 0.3) is 12.3 Å². The molecule has 0 spiro atoms. The van der Waals surface area contributed by atoms with E-state index < -0.39 is 23.9 Å². The Kier molecular flexibility index (Phi) is 11.0. The second-order valence-electron chi connectivity index (χ2n) is 17.4. The molecule has 4 saturated heterocycles. The van der Waals surface area contributed by atoms with Gasteiger partial charge < -0.3 is 24.6 Å². The fourth-order valence-corrected chi connectivity index (χ4v) is 10.3. The molecular weight excluding hydrogens is 799 g/mol. The van der Waals surface area contributed by atoms with Gasteiger partial charge in [-0.15, -0.1) is 0 Å². The van der Waals surface area contributed by atoms with E-state index in [2.05, 4.69) is 47.6 Å². The summed E-state index contributed by atoms with van der Waals surface area (Å²) in [6, 6.07) is 10.00. The predicted octanol–water partition coefficient (Wildman–Crippen LogP) is 5.37. The highest BCUT2D eigenvalue weighted by Crippen LogP contribution is 2.37. The number of carbonyl (C=O) groups excluding carboxylic acids is 3. The number of aryl methyl sites for hydroxylation is 1. The molecule has 4 aliphatic heterocycles. The number of alkyl halides is 2. The first-order valence-electron chi connectivity index (χ1n) is 21.8. The van der Waals surface area contributed by atoms with Crippen molar-refractivity contribution in [3.63, 3.8) is 0 Å². The van der Waals surface area contributed by atoms with Gasteiger partial charge in [0.1, 0.15) is 6.61 Å². The van der Waals surface area contributed by atoms with Crippen molar-refractivity contribution >= 4 is 45.5 Å². The number of nitrogens with zero attached hydrogens (tertiary/aromatic N) is 8. The van der Waals surface area contributed by atoms with Crippen LogP contribution in [0.1, 0.15) is 103 Å². The average molecular weight is 849 g/mol. The van der Waals surface area contributed by atoms with Gasteiger partial charge >= 0.3 is 0 Å². The second kappa shape index (κ2) is 16.9. The maximum absolute atomic E-state index is 14.3. The van der Waals surface area contributed by atoms with Crippen molar-refractivity contribution in [2.45, 2.75) is 94.4 Å². The lowest BCUT2D eigenvalue weighted by Gasteiger charge is -2.36. The van der Waals surface area contributed by atoms with Crippen LogP contribution in [-0.2, 0) is 26.1 Å². The van der Waals surface area contributed by atoms with Crippen LogP contribution in [0.25, 0.3) is 16.4 Å². The number of hydrogen-bond donors (Lipinski definition) is 2. The first-order valence-corrected chi connectivity index (χ1v) is 21.8. The molecule has 5 fully saturated rings. The number of amides is 3. The highest BCUT2D eigenvalue weighted by molar-refractivity contribution is 6.09. The van der Waals surface area contributed by atoms with Crippen LogP contribution in [0.3, 0.4) is 0 Å². The molecular formula is C45H50F2N10O5. The lowest BCUT2D eigenvalue weighted by molar-refractivity contribution is -0.134. The highest BCUT2D eigenvalue weighted by Gasteiger charge is 2.39. The molecule has 2 bridgehead atoms. The van der Waals surface area contributed by atoms with E-state index in [0.717, 1.165) is 93.3 Å². The van der Waals surface area contributed by atoms with Gasteiger partial charge in [-0.05, 0) is 75.5 Å². The Morgan fingerprint density at radius 1 is 1.06 bits per heavy atom. The molecule has 3 atom stereocenters. The largest absolute Gasteiger partial charge is 0.374 e. The van der Waals surface area contributed by atoms with Crippen LogP contribution in [0.5, 0.6) is 0 Å². The number of morpholine rings is 1. The van der Waals surface area contributed by atoms with Crippen molar-refractivity contribution in [2.75, 3.05) is 49.6 Å². The van der Waals surface area contributed by atoms with Gasteiger partial charge in [0, 0.05) is 63.1 Å². The summed E-state index contributed by atoms with van der Waals surface area (Å²) in [7, 11) is 1.84. The van der Waals surface area contributed by atoms with Crippen molar-refractivity contribution < 1.29 is 32.6 Å². The Bertz CT molecular complexity index is 2580. The molecule has 1 aromatic carbocycles. The SMILES string of the molecule is Cn1nc(C2CCC(=O)NC2=O)c2cccc(C#CCOC3CCN(CC4CCC(n5cc(NC(=O)c6cnn7ccc(N8C[C@H]9C[C@@H]8CO9)cc67)c(C(F)F)n5)CC4)CC3)c21. The van der Waals surface area contributed by atoms with Crippen LogP contribution in [0.2, 0.25) is 0 Å². The third-order valence-corrected chi connectivity index (χ3v) is 13.5. The zero-order chi connectivity index (χ0) is 42.5. The number of rotatable bonds is 10. The molecule has 5 aliphatic rings. The van der Waals surface area contributed by atoms with Crippen LogP contribution in [0.4, 0.5) is 20.2 Å². The minimum absolute atomic E-state index is 0.0220. The van der Waals surface area contributed by atoms with Crippen molar-refractivity contribution in [3.05, 3.63) is 71.4 Å². The number of halogens is 2. The number of likely N-dealkylation sites (tertiary alicyclic amines) is 1. The summed E-state index contributed by atoms with van der Waals surface area (Å²) < 4.78 is 45.6. The number of imide groups is 1. The zero-order valence-corrected chi connectivity index (χ0v) is 34.6.